The SMILES string of the molecule is CC(=O)c1cc2c(OC(=O)NC[C@H](N)C(=O)O)c3ccccc3c(OC(=O)NC[C@H](N)C(=O)O)c2o1. The Morgan fingerprint density at radius 1 is 0.861 bits per heavy atom. The summed E-state index contributed by atoms with van der Waals surface area (Å²) in [6.07, 6.45) is -2.08. The van der Waals surface area contributed by atoms with E-state index in [4.69, 9.17) is 35.6 Å². The van der Waals surface area contributed by atoms with Crippen molar-refractivity contribution in [2.24, 2.45) is 11.5 Å². The van der Waals surface area contributed by atoms with Crippen molar-refractivity contribution in [1.29, 1.82) is 0 Å². The zero-order valence-electron chi connectivity index (χ0n) is 18.8. The summed E-state index contributed by atoms with van der Waals surface area (Å²) in [7, 11) is 0. The third kappa shape index (κ3) is 5.68. The van der Waals surface area contributed by atoms with Gasteiger partial charge in [0.25, 0.3) is 0 Å². The Labute approximate surface area is 202 Å². The number of hydrogen-bond acceptors (Lipinski definition) is 10. The lowest BCUT2D eigenvalue weighted by Crippen LogP contribution is -2.43. The minimum absolute atomic E-state index is 0.0566. The van der Waals surface area contributed by atoms with Crippen LogP contribution < -0.4 is 31.6 Å². The van der Waals surface area contributed by atoms with Gasteiger partial charge in [-0.3, -0.25) is 14.4 Å². The van der Waals surface area contributed by atoms with Gasteiger partial charge in [-0.05, 0) is 6.07 Å². The summed E-state index contributed by atoms with van der Waals surface area (Å²) in [6, 6.07) is 4.85. The van der Waals surface area contributed by atoms with Gasteiger partial charge in [-0.15, -0.1) is 0 Å². The van der Waals surface area contributed by atoms with Crippen molar-refractivity contribution in [3.63, 3.8) is 0 Å². The van der Waals surface area contributed by atoms with Crippen molar-refractivity contribution in [1.82, 2.24) is 10.6 Å². The molecule has 0 radical (unpaired) electrons. The number of carboxylic acids is 2. The maximum atomic E-state index is 12.4. The van der Waals surface area contributed by atoms with Crippen LogP contribution in [0.25, 0.3) is 21.7 Å². The van der Waals surface area contributed by atoms with Gasteiger partial charge in [-0.2, -0.15) is 0 Å². The minimum atomic E-state index is -1.37. The molecule has 0 unspecified atom stereocenters. The zero-order valence-corrected chi connectivity index (χ0v) is 18.8. The number of carbonyl (C=O) groups is 5. The van der Waals surface area contributed by atoms with Gasteiger partial charge in [0.15, 0.2) is 28.6 Å². The normalized spacial score (nSPS) is 12.5. The first-order chi connectivity index (χ1) is 17.0. The fourth-order valence-corrected chi connectivity index (χ4v) is 3.08. The van der Waals surface area contributed by atoms with E-state index in [2.05, 4.69) is 10.6 Å². The highest BCUT2D eigenvalue weighted by Crippen LogP contribution is 2.44. The molecule has 3 rings (SSSR count). The molecule has 0 aliphatic carbocycles. The number of hydrogen-bond donors (Lipinski definition) is 6. The standard InChI is InChI=1S/C22H22N4O10/c1-9(27)15-6-12-16(35-21(32)25-7-13(23)19(28)29)10-4-2-3-5-11(10)17(18(12)34-15)36-22(33)26-8-14(24)20(30)31/h2-6,13-14H,7-8,23-24H2,1H3,(H,25,32)(H,26,33)(H,28,29)(H,30,31)/t13-,14-/m0/s1. The lowest BCUT2D eigenvalue weighted by atomic mass is 10.1. The zero-order chi connectivity index (χ0) is 26.6. The van der Waals surface area contributed by atoms with Gasteiger partial charge < -0.3 is 46.2 Å². The van der Waals surface area contributed by atoms with Gasteiger partial charge in [-0.25, -0.2) is 9.59 Å². The highest BCUT2D eigenvalue weighted by Gasteiger charge is 2.25. The van der Waals surface area contributed by atoms with Crippen LogP contribution in [-0.4, -0.2) is 65.3 Å². The summed E-state index contributed by atoms with van der Waals surface area (Å²) in [6.45, 7) is 0.392. The average Bonchev–Trinajstić information content (AvgIpc) is 3.28. The monoisotopic (exact) mass is 502 g/mol. The number of Topliss-reactive ketones (excluding diaryl/α,β-unsaturated/α-hetero) is 1. The molecule has 0 saturated carbocycles. The number of amides is 2. The smallest absolute Gasteiger partial charge is 0.412 e. The molecular formula is C22H22N4O10. The molecule has 3 aromatic rings. The van der Waals surface area contributed by atoms with Crippen molar-refractivity contribution < 1.29 is 48.1 Å². The first-order valence-corrected chi connectivity index (χ1v) is 10.4. The number of ether oxygens (including phenoxy) is 2. The number of fused-ring (bicyclic) bond motifs is 2. The number of nitrogens with one attached hydrogen (secondary N) is 2. The van der Waals surface area contributed by atoms with Crippen LogP contribution in [0.3, 0.4) is 0 Å². The number of ketones is 1. The van der Waals surface area contributed by atoms with Gasteiger partial charge in [-0.1, -0.05) is 24.3 Å². The van der Waals surface area contributed by atoms with E-state index in [0.717, 1.165) is 0 Å². The summed E-state index contributed by atoms with van der Waals surface area (Å²) in [5.41, 5.74) is 10.7. The maximum absolute atomic E-state index is 12.4. The van der Waals surface area contributed by atoms with Crippen molar-refractivity contribution in [2.75, 3.05) is 13.1 Å². The number of rotatable bonds is 9. The summed E-state index contributed by atoms with van der Waals surface area (Å²) >= 11 is 0. The molecule has 0 bridgehead atoms. The third-order valence-electron chi connectivity index (χ3n) is 4.90. The van der Waals surface area contributed by atoms with Gasteiger partial charge in [0.05, 0.1) is 5.39 Å². The van der Waals surface area contributed by atoms with Crippen molar-refractivity contribution in [3.05, 3.63) is 36.1 Å². The molecule has 14 heteroatoms. The first kappa shape index (κ1) is 25.9. The number of carboxylic acid groups (broad SMARTS) is 2. The second-order valence-electron chi connectivity index (χ2n) is 7.54. The Balaban J connectivity index is 2.04. The van der Waals surface area contributed by atoms with Crippen LogP contribution >= 0.6 is 0 Å². The largest absolute Gasteiger partial charge is 0.480 e. The van der Waals surface area contributed by atoms with Crippen LogP contribution in [-0.2, 0) is 9.59 Å². The molecule has 36 heavy (non-hydrogen) atoms. The van der Waals surface area contributed by atoms with Crippen LogP contribution in [0.15, 0.2) is 34.7 Å². The summed E-state index contributed by atoms with van der Waals surface area (Å²) in [4.78, 5) is 58.5. The molecular weight excluding hydrogens is 480 g/mol. The molecule has 1 aromatic heterocycles. The quantitative estimate of drug-likeness (QED) is 0.223. The Kier molecular flexibility index (Phi) is 7.71. The second kappa shape index (κ2) is 10.7. The molecule has 0 spiro atoms. The lowest BCUT2D eigenvalue weighted by molar-refractivity contribution is -0.139. The van der Waals surface area contributed by atoms with Gasteiger partial charge in [0.2, 0.25) is 0 Å². The van der Waals surface area contributed by atoms with E-state index in [1.54, 1.807) is 18.2 Å². The predicted octanol–water partition coefficient (Wildman–Crippen LogP) is 0.789. The first-order valence-electron chi connectivity index (χ1n) is 10.4. The molecule has 190 valence electrons. The van der Waals surface area contributed by atoms with E-state index < -0.39 is 55.1 Å². The van der Waals surface area contributed by atoms with Gasteiger partial charge in [0.1, 0.15) is 12.1 Å². The van der Waals surface area contributed by atoms with Crippen LogP contribution in [0.1, 0.15) is 17.5 Å². The Hall–Kier alpha value is -4.69. The number of benzene rings is 2. The van der Waals surface area contributed by atoms with E-state index >= 15 is 0 Å². The molecule has 2 aromatic carbocycles. The Morgan fingerprint density at radius 3 is 1.81 bits per heavy atom. The molecule has 0 fully saturated rings. The van der Waals surface area contributed by atoms with Crippen LogP contribution in [0.4, 0.5) is 9.59 Å². The minimum Gasteiger partial charge on any atom is -0.480 e. The van der Waals surface area contributed by atoms with Crippen LogP contribution in [0.2, 0.25) is 0 Å². The highest BCUT2D eigenvalue weighted by molar-refractivity contribution is 6.12. The average molecular weight is 502 g/mol. The molecule has 0 saturated heterocycles. The van der Waals surface area contributed by atoms with Crippen LogP contribution in [0, 0.1) is 0 Å². The fraction of sp³-hybridized carbons (Fsp3) is 0.227. The summed E-state index contributed by atoms with van der Waals surface area (Å²) < 4.78 is 16.4. The molecule has 14 nitrogen and oxygen atoms in total. The number of nitrogens with two attached hydrogens (primary N) is 2. The van der Waals surface area contributed by atoms with E-state index in [9.17, 15) is 24.0 Å². The van der Waals surface area contributed by atoms with Crippen molar-refractivity contribution in [2.45, 2.75) is 19.0 Å². The van der Waals surface area contributed by atoms with E-state index in [0.29, 0.717) is 0 Å². The number of carbonyl (C=O) groups excluding carboxylic acids is 3. The topological polar surface area (TPSA) is 234 Å². The molecule has 2 atom stereocenters. The molecule has 2 amide bonds. The Bertz CT molecular complexity index is 1270. The number of aliphatic carboxylic acids is 2. The maximum Gasteiger partial charge on any atom is 0.412 e. The molecule has 0 aliphatic heterocycles. The molecule has 8 N–H and O–H groups in total. The van der Waals surface area contributed by atoms with E-state index in [1.807, 2.05) is 0 Å². The predicted molar refractivity (Wildman–Crippen MR) is 123 cm³/mol. The molecule has 1 heterocycles. The van der Waals surface area contributed by atoms with Crippen molar-refractivity contribution in [3.8, 4) is 11.5 Å². The lowest BCUT2D eigenvalue weighted by Gasteiger charge is -2.15. The summed E-state index contributed by atoms with van der Waals surface area (Å²) in [5, 5.41) is 22.8. The second-order valence-corrected chi connectivity index (χ2v) is 7.54. The fourth-order valence-electron chi connectivity index (χ4n) is 3.08. The van der Waals surface area contributed by atoms with Crippen molar-refractivity contribution >= 4 is 51.7 Å². The third-order valence-corrected chi connectivity index (χ3v) is 4.90. The van der Waals surface area contributed by atoms with E-state index in [-0.39, 0.29) is 39.0 Å². The number of furan rings is 1. The molecule has 0 aliphatic rings. The van der Waals surface area contributed by atoms with E-state index in [1.165, 1.54) is 19.1 Å². The Morgan fingerprint density at radius 2 is 1.33 bits per heavy atom. The summed E-state index contributed by atoms with van der Waals surface area (Å²) in [5.74, 6) is -3.44. The highest BCUT2D eigenvalue weighted by atomic mass is 16.6. The van der Waals surface area contributed by atoms with Gasteiger partial charge >= 0.3 is 24.1 Å². The van der Waals surface area contributed by atoms with Gasteiger partial charge in [0, 0.05) is 30.8 Å². The van der Waals surface area contributed by atoms with Crippen LogP contribution in [0.5, 0.6) is 11.5 Å².